The monoisotopic (exact) mass is 354 g/mol. The second-order valence-corrected chi connectivity index (χ2v) is 7.96. The molecule has 3 atom stereocenters. The van der Waals surface area contributed by atoms with Crippen LogP contribution in [0.2, 0.25) is 0 Å². The van der Waals surface area contributed by atoms with Crippen molar-refractivity contribution in [3.05, 3.63) is 35.4 Å². The average molecular weight is 354 g/mol. The molecule has 3 aliphatic heterocycles. The second kappa shape index (κ2) is 6.32. The lowest BCUT2D eigenvalue weighted by Crippen LogP contribution is -2.40. The minimum atomic E-state index is -0.255. The van der Waals surface area contributed by atoms with E-state index in [4.69, 9.17) is 4.98 Å². The summed E-state index contributed by atoms with van der Waals surface area (Å²) in [5, 5.41) is 14.2. The molecule has 0 aliphatic carbocycles. The van der Waals surface area contributed by atoms with Gasteiger partial charge < -0.3 is 10.0 Å². The number of piperidine rings is 1. The number of rotatable bonds is 3. The predicted molar refractivity (Wildman–Crippen MR) is 97.7 cm³/mol. The molecule has 3 aliphatic rings. The zero-order valence-electron chi connectivity index (χ0n) is 15.3. The van der Waals surface area contributed by atoms with Crippen LogP contribution in [0.15, 0.2) is 18.6 Å². The van der Waals surface area contributed by atoms with Crippen molar-refractivity contribution in [1.82, 2.24) is 24.6 Å². The summed E-state index contributed by atoms with van der Waals surface area (Å²) in [6.07, 6.45) is 11.2. The van der Waals surface area contributed by atoms with Gasteiger partial charge in [0.1, 0.15) is 0 Å². The zero-order valence-corrected chi connectivity index (χ0v) is 15.3. The molecular formula is C19H26N6O. The highest BCUT2D eigenvalue weighted by Gasteiger charge is 2.41. The summed E-state index contributed by atoms with van der Waals surface area (Å²) >= 11 is 0. The van der Waals surface area contributed by atoms with Crippen molar-refractivity contribution < 1.29 is 5.11 Å². The Morgan fingerprint density at radius 1 is 1.23 bits per heavy atom. The van der Waals surface area contributed by atoms with Crippen LogP contribution in [0.25, 0.3) is 0 Å². The molecule has 0 unspecified atom stereocenters. The van der Waals surface area contributed by atoms with Gasteiger partial charge in [-0.2, -0.15) is 5.10 Å². The fourth-order valence-electron chi connectivity index (χ4n) is 4.86. The van der Waals surface area contributed by atoms with E-state index in [2.05, 4.69) is 26.1 Å². The molecule has 7 heteroatoms. The molecule has 7 nitrogen and oxygen atoms in total. The first-order chi connectivity index (χ1) is 12.7. The predicted octanol–water partition coefficient (Wildman–Crippen LogP) is 1.43. The average Bonchev–Trinajstić information content (AvgIpc) is 3.16. The van der Waals surface area contributed by atoms with E-state index in [0.29, 0.717) is 18.6 Å². The van der Waals surface area contributed by atoms with Crippen LogP contribution in [0.5, 0.6) is 0 Å². The number of fused-ring (bicyclic) bond motifs is 4. The molecule has 0 amide bonds. The number of nitrogens with zero attached hydrogens (tertiary/aromatic N) is 6. The molecule has 138 valence electrons. The Labute approximate surface area is 153 Å². The number of aliphatic hydroxyl groups is 1. The molecule has 1 N–H and O–H groups in total. The smallest absolute Gasteiger partial charge is 0.225 e. The third-order valence-electron chi connectivity index (χ3n) is 6.12. The number of hydrogen-bond acceptors (Lipinski definition) is 6. The Hall–Kier alpha value is -1.99. The van der Waals surface area contributed by atoms with E-state index in [9.17, 15) is 5.11 Å². The number of aryl methyl sites for hydroxylation is 1. The van der Waals surface area contributed by atoms with Crippen LogP contribution in [0.1, 0.15) is 48.5 Å². The van der Waals surface area contributed by atoms with E-state index in [0.717, 1.165) is 38.3 Å². The molecule has 26 heavy (non-hydrogen) atoms. The number of aromatic nitrogens is 4. The van der Waals surface area contributed by atoms with Gasteiger partial charge in [-0.15, -0.1) is 0 Å². The van der Waals surface area contributed by atoms with Gasteiger partial charge in [-0.3, -0.25) is 9.58 Å². The van der Waals surface area contributed by atoms with Gasteiger partial charge in [-0.1, -0.05) is 0 Å². The van der Waals surface area contributed by atoms with Crippen LogP contribution in [0, 0.1) is 0 Å². The van der Waals surface area contributed by atoms with Crippen molar-refractivity contribution in [2.45, 2.75) is 56.8 Å². The van der Waals surface area contributed by atoms with E-state index in [1.54, 1.807) is 0 Å². The topological polar surface area (TPSA) is 70.3 Å². The molecule has 5 heterocycles. The number of hydrogen-bond donors (Lipinski definition) is 1. The third-order valence-corrected chi connectivity index (χ3v) is 6.12. The van der Waals surface area contributed by atoms with Crippen molar-refractivity contribution in [2.24, 2.45) is 7.05 Å². The fraction of sp³-hybridized carbons (Fsp3) is 0.632. The highest BCUT2D eigenvalue weighted by molar-refractivity contribution is 5.38. The van der Waals surface area contributed by atoms with Gasteiger partial charge in [0.25, 0.3) is 0 Å². The zero-order chi connectivity index (χ0) is 17.7. The molecule has 0 aromatic carbocycles. The minimum absolute atomic E-state index is 0.255. The summed E-state index contributed by atoms with van der Waals surface area (Å²) in [5.41, 5.74) is 3.78. The van der Waals surface area contributed by atoms with Gasteiger partial charge >= 0.3 is 0 Å². The largest absolute Gasteiger partial charge is 0.391 e. The third kappa shape index (κ3) is 2.79. The summed E-state index contributed by atoms with van der Waals surface area (Å²) in [6.45, 7) is 2.54. The highest BCUT2D eigenvalue weighted by atomic mass is 16.3. The van der Waals surface area contributed by atoms with Crippen molar-refractivity contribution in [3.8, 4) is 0 Å². The normalized spacial score (nSPS) is 28.4. The van der Waals surface area contributed by atoms with E-state index in [1.807, 2.05) is 24.1 Å². The molecule has 2 fully saturated rings. The summed E-state index contributed by atoms with van der Waals surface area (Å²) in [4.78, 5) is 14.3. The first-order valence-electron chi connectivity index (χ1n) is 9.69. The van der Waals surface area contributed by atoms with Gasteiger partial charge in [0.2, 0.25) is 5.95 Å². The summed E-state index contributed by atoms with van der Waals surface area (Å²) in [7, 11) is 1.97. The Morgan fingerprint density at radius 2 is 2.15 bits per heavy atom. The van der Waals surface area contributed by atoms with Gasteiger partial charge in [0.15, 0.2) is 0 Å². The number of anilines is 1. The maximum absolute atomic E-state index is 9.94. The molecule has 0 spiro atoms. The lowest BCUT2D eigenvalue weighted by molar-refractivity contribution is 0.153. The first kappa shape index (κ1) is 16.2. The Balaban J connectivity index is 1.39. The lowest BCUT2D eigenvalue weighted by atomic mass is 9.99. The van der Waals surface area contributed by atoms with E-state index >= 15 is 0 Å². The van der Waals surface area contributed by atoms with Gasteiger partial charge in [0, 0.05) is 68.7 Å². The van der Waals surface area contributed by atoms with Crippen molar-refractivity contribution in [3.63, 3.8) is 0 Å². The lowest BCUT2D eigenvalue weighted by Gasteiger charge is -2.36. The molecule has 2 saturated heterocycles. The number of β-amino-alcohol motifs (C(OH)–C–C–N with tert-alkyl or cyclic N) is 1. The molecular weight excluding hydrogens is 328 g/mol. The maximum atomic E-state index is 9.94. The van der Waals surface area contributed by atoms with Gasteiger partial charge in [-0.05, 0) is 25.7 Å². The molecule has 2 aromatic rings. The molecule has 2 aromatic heterocycles. The van der Waals surface area contributed by atoms with Crippen LogP contribution in [-0.2, 0) is 20.0 Å². The molecule has 0 radical (unpaired) electrons. The fourth-order valence-corrected chi connectivity index (χ4v) is 4.86. The standard InChI is InChI=1S/C19H26N6O/c1-23-10-13(8-21-23)11-25-14-4-5-18(25)16-9-20-19(22-17(16)7-14)24-6-2-3-15(26)12-24/h8-10,14-15,18,26H,2-7,11-12H2,1H3/t14-,15-,18-/m0/s1. The van der Waals surface area contributed by atoms with E-state index < -0.39 is 0 Å². The summed E-state index contributed by atoms with van der Waals surface area (Å²) in [5.74, 6) is 0.794. The Morgan fingerprint density at radius 3 is 2.96 bits per heavy atom. The first-order valence-corrected chi connectivity index (χ1v) is 9.69. The Bertz CT molecular complexity index is 805. The minimum Gasteiger partial charge on any atom is -0.391 e. The van der Waals surface area contributed by atoms with Crippen molar-refractivity contribution in [2.75, 3.05) is 18.0 Å². The van der Waals surface area contributed by atoms with Gasteiger partial charge in [0.05, 0.1) is 18.0 Å². The SMILES string of the molecule is Cn1cc(CN2[C@H]3CC[C@H]2c2cnc(N4CCC[C@H](O)C4)nc2C3)cn1. The van der Waals surface area contributed by atoms with Crippen LogP contribution in [-0.4, -0.2) is 55.0 Å². The van der Waals surface area contributed by atoms with Gasteiger partial charge in [-0.25, -0.2) is 9.97 Å². The van der Waals surface area contributed by atoms with E-state index in [-0.39, 0.29) is 6.10 Å². The quantitative estimate of drug-likeness (QED) is 0.899. The summed E-state index contributed by atoms with van der Waals surface area (Å²) < 4.78 is 1.87. The molecule has 0 saturated carbocycles. The van der Waals surface area contributed by atoms with Crippen LogP contribution in [0.3, 0.4) is 0 Å². The van der Waals surface area contributed by atoms with Crippen LogP contribution < -0.4 is 4.90 Å². The molecule has 5 rings (SSSR count). The van der Waals surface area contributed by atoms with Crippen molar-refractivity contribution in [1.29, 1.82) is 0 Å². The van der Waals surface area contributed by atoms with E-state index in [1.165, 1.54) is 29.7 Å². The van der Waals surface area contributed by atoms with Crippen LogP contribution in [0.4, 0.5) is 5.95 Å². The highest BCUT2D eigenvalue weighted by Crippen LogP contribution is 2.44. The van der Waals surface area contributed by atoms with Crippen molar-refractivity contribution >= 4 is 5.95 Å². The second-order valence-electron chi connectivity index (χ2n) is 7.96. The maximum Gasteiger partial charge on any atom is 0.225 e. The molecule has 2 bridgehead atoms. The number of aliphatic hydroxyl groups excluding tert-OH is 1. The summed E-state index contributed by atoms with van der Waals surface area (Å²) in [6, 6.07) is 0.979. The Kier molecular flexibility index (Phi) is 3.94. The van der Waals surface area contributed by atoms with Crippen LogP contribution >= 0.6 is 0 Å².